The van der Waals surface area contributed by atoms with Crippen molar-refractivity contribution in [3.63, 3.8) is 0 Å². The molecular formula is C20H32ClFN4O2S. The van der Waals surface area contributed by atoms with Crippen LogP contribution in [0.4, 0.5) is 4.39 Å². The maximum absolute atomic E-state index is 14.0. The molecule has 0 saturated carbocycles. The first-order valence-corrected chi connectivity index (χ1v) is 12.2. The second kappa shape index (κ2) is 10.1. The SMILES string of the molecule is CN=C(NCC(C)(C)CCS(C)(=O)=O)N1CCN(Cc2c(F)cccc2Cl)CC1. The predicted octanol–water partition coefficient (Wildman–Crippen LogP) is 2.63. The van der Waals surface area contributed by atoms with Gasteiger partial charge in [-0.25, -0.2) is 12.8 Å². The van der Waals surface area contributed by atoms with E-state index >= 15 is 0 Å². The van der Waals surface area contributed by atoms with Gasteiger partial charge in [0.05, 0.1) is 5.75 Å². The minimum absolute atomic E-state index is 0.164. The van der Waals surface area contributed by atoms with Crippen LogP contribution in [0.2, 0.25) is 5.02 Å². The number of halogens is 2. The molecule has 1 aromatic rings. The summed E-state index contributed by atoms with van der Waals surface area (Å²) in [5.41, 5.74) is 0.375. The first-order chi connectivity index (χ1) is 13.5. The summed E-state index contributed by atoms with van der Waals surface area (Å²) in [4.78, 5) is 8.73. The van der Waals surface area contributed by atoms with Crippen LogP contribution in [0.25, 0.3) is 0 Å². The first kappa shape index (κ1) is 23.9. The van der Waals surface area contributed by atoms with Crippen LogP contribution in [0.15, 0.2) is 23.2 Å². The third-order valence-corrected chi connectivity index (χ3v) is 6.50. The summed E-state index contributed by atoms with van der Waals surface area (Å²) in [5, 5.41) is 3.84. The third kappa shape index (κ3) is 7.75. The minimum atomic E-state index is -2.97. The monoisotopic (exact) mass is 446 g/mol. The molecule has 1 heterocycles. The second-order valence-electron chi connectivity index (χ2n) is 8.41. The maximum Gasteiger partial charge on any atom is 0.193 e. The molecule has 2 rings (SSSR count). The summed E-state index contributed by atoms with van der Waals surface area (Å²) in [6.07, 6.45) is 1.86. The van der Waals surface area contributed by atoms with Gasteiger partial charge in [-0.2, -0.15) is 0 Å². The molecule has 0 amide bonds. The number of hydrogen-bond acceptors (Lipinski definition) is 4. The van der Waals surface area contributed by atoms with Crippen molar-refractivity contribution in [2.75, 3.05) is 51.8 Å². The number of aliphatic imine (C=N–C) groups is 1. The zero-order chi connectivity index (χ0) is 21.7. The molecule has 164 valence electrons. The number of hydrogen-bond donors (Lipinski definition) is 1. The van der Waals surface area contributed by atoms with Gasteiger partial charge in [-0.1, -0.05) is 31.5 Å². The summed E-state index contributed by atoms with van der Waals surface area (Å²) in [6.45, 7) is 8.34. The van der Waals surface area contributed by atoms with Crippen molar-refractivity contribution in [1.82, 2.24) is 15.1 Å². The normalized spacial score (nSPS) is 16.9. The molecule has 1 fully saturated rings. The Bertz CT molecular complexity index is 802. The fraction of sp³-hybridized carbons (Fsp3) is 0.650. The molecule has 1 N–H and O–H groups in total. The molecule has 1 aromatic carbocycles. The van der Waals surface area contributed by atoms with Crippen molar-refractivity contribution in [3.05, 3.63) is 34.6 Å². The highest BCUT2D eigenvalue weighted by Crippen LogP contribution is 2.22. The average Bonchev–Trinajstić information content (AvgIpc) is 2.64. The molecule has 0 spiro atoms. The standard InChI is InChI=1S/C20H32ClFN4O2S/c1-20(2,8-13-29(4,27)28)15-24-19(23-3)26-11-9-25(10-12-26)14-16-17(21)6-5-7-18(16)22/h5-7H,8-15H2,1-4H3,(H,23,24). The molecule has 0 bridgehead atoms. The number of guanidine groups is 1. The lowest BCUT2D eigenvalue weighted by atomic mass is 9.90. The van der Waals surface area contributed by atoms with Crippen LogP contribution in [0.5, 0.6) is 0 Å². The molecule has 1 aliphatic rings. The highest BCUT2D eigenvalue weighted by molar-refractivity contribution is 7.90. The smallest absolute Gasteiger partial charge is 0.193 e. The fourth-order valence-corrected chi connectivity index (χ4v) is 4.37. The van der Waals surface area contributed by atoms with Crippen LogP contribution in [0.3, 0.4) is 0 Å². The van der Waals surface area contributed by atoms with E-state index in [1.165, 1.54) is 12.3 Å². The van der Waals surface area contributed by atoms with Gasteiger partial charge in [-0.3, -0.25) is 9.89 Å². The van der Waals surface area contributed by atoms with E-state index < -0.39 is 9.84 Å². The van der Waals surface area contributed by atoms with Crippen LogP contribution in [0, 0.1) is 11.2 Å². The van der Waals surface area contributed by atoms with Crippen LogP contribution < -0.4 is 5.32 Å². The van der Waals surface area contributed by atoms with E-state index in [4.69, 9.17) is 11.6 Å². The topological polar surface area (TPSA) is 65.0 Å². The lowest BCUT2D eigenvalue weighted by molar-refractivity contribution is 0.170. The fourth-order valence-electron chi connectivity index (χ4n) is 3.23. The molecule has 29 heavy (non-hydrogen) atoms. The summed E-state index contributed by atoms with van der Waals surface area (Å²) < 4.78 is 36.9. The molecule has 1 aliphatic heterocycles. The zero-order valence-electron chi connectivity index (χ0n) is 17.7. The van der Waals surface area contributed by atoms with Gasteiger partial charge >= 0.3 is 0 Å². The van der Waals surface area contributed by atoms with Crippen LogP contribution >= 0.6 is 11.6 Å². The molecule has 0 aliphatic carbocycles. The van der Waals surface area contributed by atoms with Crippen molar-refractivity contribution >= 4 is 27.4 Å². The molecular weight excluding hydrogens is 415 g/mol. The van der Waals surface area contributed by atoms with Gasteiger partial charge in [-0.15, -0.1) is 0 Å². The van der Waals surface area contributed by atoms with Gasteiger partial charge in [0.2, 0.25) is 0 Å². The Hall–Kier alpha value is -1.38. The van der Waals surface area contributed by atoms with E-state index in [0.29, 0.717) is 30.1 Å². The Labute approximate surface area is 179 Å². The second-order valence-corrected chi connectivity index (χ2v) is 11.1. The Kier molecular flexibility index (Phi) is 8.31. The van der Waals surface area contributed by atoms with Gasteiger partial charge in [0.1, 0.15) is 15.7 Å². The van der Waals surface area contributed by atoms with Crippen LogP contribution in [-0.2, 0) is 16.4 Å². The summed E-state index contributed by atoms with van der Waals surface area (Å²) in [5.74, 6) is 0.715. The minimum Gasteiger partial charge on any atom is -0.356 e. The molecule has 0 radical (unpaired) electrons. The number of rotatable bonds is 7. The van der Waals surface area contributed by atoms with E-state index in [9.17, 15) is 12.8 Å². The van der Waals surface area contributed by atoms with Crippen molar-refractivity contribution < 1.29 is 12.8 Å². The van der Waals surface area contributed by atoms with Gasteiger partial charge in [0.25, 0.3) is 0 Å². The molecule has 0 atom stereocenters. The van der Waals surface area contributed by atoms with Crippen molar-refractivity contribution in [2.45, 2.75) is 26.8 Å². The van der Waals surface area contributed by atoms with Gasteiger partial charge < -0.3 is 10.2 Å². The molecule has 9 heteroatoms. The van der Waals surface area contributed by atoms with Gasteiger partial charge in [0, 0.05) is 63.2 Å². The molecule has 0 unspecified atom stereocenters. The lowest BCUT2D eigenvalue weighted by Gasteiger charge is -2.37. The number of piperazine rings is 1. The van der Waals surface area contributed by atoms with E-state index in [1.807, 2.05) is 0 Å². The number of nitrogens with one attached hydrogen (secondary N) is 1. The van der Waals surface area contributed by atoms with E-state index in [2.05, 4.69) is 34.0 Å². The predicted molar refractivity (Wildman–Crippen MR) is 118 cm³/mol. The van der Waals surface area contributed by atoms with Crippen molar-refractivity contribution in [3.8, 4) is 0 Å². The van der Waals surface area contributed by atoms with Crippen LogP contribution in [-0.4, -0.2) is 76.0 Å². The summed E-state index contributed by atoms with van der Waals surface area (Å²) >= 11 is 6.14. The average molecular weight is 447 g/mol. The van der Waals surface area contributed by atoms with Gasteiger partial charge in [-0.05, 0) is 24.0 Å². The zero-order valence-corrected chi connectivity index (χ0v) is 19.3. The van der Waals surface area contributed by atoms with Gasteiger partial charge in [0.15, 0.2) is 5.96 Å². The molecule has 0 aromatic heterocycles. The quantitative estimate of drug-likeness (QED) is 0.515. The maximum atomic E-state index is 14.0. The Balaban J connectivity index is 1.85. The summed E-state index contributed by atoms with van der Waals surface area (Å²) in [7, 11) is -1.22. The third-order valence-electron chi connectivity index (χ3n) is 5.20. The van der Waals surface area contributed by atoms with E-state index in [0.717, 1.165) is 32.1 Å². The van der Waals surface area contributed by atoms with Crippen LogP contribution in [0.1, 0.15) is 25.8 Å². The highest BCUT2D eigenvalue weighted by Gasteiger charge is 2.24. The highest BCUT2D eigenvalue weighted by atomic mass is 35.5. The van der Waals surface area contributed by atoms with Crippen molar-refractivity contribution in [1.29, 1.82) is 0 Å². The molecule has 6 nitrogen and oxygen atoms in total. The first-order valence-electron chi connectivity index (χ1n) is 9.79. The summed E-state index contributed by atoms with van der Waals surface area (Å²) in [6, 6.07) is 4.77. The lowest BCUT2D eigenvalue weighted by Crippen LogP contribution is -2.53. The van der Waals surface area contributed by atoms with Crippen molar-refractivity contribution in [2.24, 2.45) is 10.4 Å². The Morgan fingerprint density at radius 3 is 2.48 bits per heavy atom. The van der Waals surface area contributed by atoms with E-state index in [1.54, 1.807) is 19.2 Å². The Morgan fingerprint density at radius 1 is 1.28 bits per heavy atom. The largest absolute Gasteiger partial charge is 0.356 e. The van der Waals surface area contributed by atoms with E-state index in [-0.39, 0.29) is 17.0 Å². The number of benzene rings is 1. The number of nitrogens with zero attached hydrogens (tertiary/aromatic N) is 3. The Morgan fingerprint density at radius 2 is 1.93 bits per heavy atom. The number of sulfone groups is 1. The molecule has 1 saturated heterocycles.